The van der Waals surface area contributed by atoms with Crippen molar-refractivity contribution in [3.8, 4) is 5.75 Å². The van der Waals surface area contributed by atoms with Gasteiger partial charge in [0.2, 0.25) is 0 Å². The van der Waals surface area contributed by atoms with Gasteiger partial charge in [-0.2, -0.15) is 0 Å². The monoisotopic (exact) mass is 365 g/mol. The van der Waals surface area contributed by atoms with E-state index in [0.29, 0.717) is 5.75 Å². The third kappa shape index (κ3) is 4.51. The lowest BCUT2D eigenvalue weighted by Crippen LogP contribution is -2.30. The van der Waals surface area contributed by atoms with Crippen molar-refractivity contribution in [2.45, 2.75) is 17.9 Å². The number of hydrogen-bond acceptors (Lipinski definition) is 3. The van der Waals surface area contributed by atoms with Gasteiger partial charge in [-0.05, 0) is 65.5 Å². The fraction of sp³-hybridized carbons (Fsp3) is 0.188. The van der Waals surface area contributed by atoms with E-state index >= 15 is 0 Å². The largest absolute Gasteiger partial charge is 0.481 e. The minimum absolute atomic E-state index is 0.184. The molecule has 0 aliphatic rings. The van der Waals surface area contributed by atoms with Crippen molar-refractivity contribution < 1.29 is 9.53 Å². The van der Waals surface area contributed by atoms with E-state index in [4.69, 9.17) is 4.74 Å². The maximum absolute atomic E-state index is 12.1. The van der Waals surface area contributed by atoms with Crippen LogP contribution in [-0.2, 0) is 4.79 Å². The summed E-state index contributed by atoms with van der Waals surface area (Å²) in [6.07, 6.45) is 1.45. The Morgan fingerprint density at radius 2 is 1.86 bits per heavy atom. The van der Waals surface area contributed by atoms with Crippen molar-refractivity contribution in [3.05, 3.63) is 53.0 Å². The van der Waals surface area contributed by atoms with Gasteiger partial charge in [0, 0.05) is 9.37 Å². The van der Waals surface area contributed by atoms with Gasteiger partial charge in [0.25, 0.3) is 5.91 Å². The van der Waals surface area contributed by atoms with Crippen molar-refractivity contribution in [2.75, 3.05) is 11.6 Å². The smallest absolute Gasteiger partial charge is 0.265 e. The molecule has 5 heteroatoms. The third-order valence-electron chi connectivity index (χ3n) is 2.87. The molecule has 1 atom stereocenters. The van der Waals surface area contributed by atoms with Crippen LogP contribution >= 0.6 is 27.7 Å². The highest BCUT2D eigenvalue weighted by Crippen LogP contribution is 2.22. The zero-order valence-corrected chi connectivity index (χ0v) is 14.2. The van der Waals surface area contributed by atoms with Gasteiger partial charge in [-0.1, -0.05) is 12.1 Å². The highest BCUT2D eigenvalue weighted by molar-refractivity contribution is 9.10. The minimum Gasteiger partial charge on any atom is -0.481 e. The van der Waals surface area contributed by atoms with E-state index in [1.54, 1.807) is 18.7 Å². The molecule has 0 spiro atoms. The summed E-state index contributed by atoms with van der Waals surface area (Å²) < 4.78 is 6.49. The summed E-state index contributed by atoms with van der Waals surface area (Å²) in [6.45, 7) is 1.73. The van der Waals surface area contributed by atoms with Crippen molar-refractivity contribution in [1.82, 2.24) is 0 Å². The molecule has 0 heterocycles. The Balaban J connectivity index is 1.97. The van der Waals surface area contributed by atoms with E-state index in [0.717, 1.165) is 15.1 Å². The van der Waals surface area contributed by atoms with Crippen LogP contribution < -0.4 is 10.1 Å². The maximum atomic E-state index is 12.1. The molecule has 1 N–H and O–H groups in total. The SMILES string of the molecule is CSc1ccc(OC(C)C(=O)Nc2ccccc2Br)cc1. The highest BCUT2D eigenvalue weighted by atomic mass is 79.9. The Hall–Kier alpha value is -1.46. The summed E-state index contributed by atoms with van der Waals surface area (Å²) in [4.78, 5) is 13.3. The second kappa shape index (κ2) is 7.52. The van der Waals surface area contributed by atoms with Gasteiger partial charge in [-0.25, -0.2) is 0 Å². The molecule has 0 saturated carbocycles. The Labute approximate surface area is 137 Å². The maximum Gasteiger partial charge on any atom is 0.265 e. The molecule has 1 unspecified atom stereocenters. The van der Waals surface area contributed by atoms with Crippen LogP contribution in [0.1, 0.15) is 6.92 Å². The van der Waals surface area contributed by atoms with E-state index in [-0.39, 0.29) is 5.91 Å². The zero-order chi connectivity index (χ0) is 15.2. The second-order valence-corrected chi connectivity index (χ2v) is 6.14. The molecule has 1 amide bonds. The summed E-state index contributed by atoms with van der Waals surface area (Å²) in [5.41, 5.74) is 0.732. The predicted octanol–water partition coefficient (Wildman–Crippen LogP) is 4.58. The number of anilines is 1. The third-order valence-corrected chi connectivity index (χ3v) is 4.31. The molecule has 2 aromatic rings. The van der Waals surface area contributed by atoms with Gasteiger partial charge >= 0.3 is 0 Å². The minimum atomic E-state index is -0.572. The van der Waals surface area contributed by atoms with Crippen molar-refractivity contribution in [1.29, 1.82) is 0 Å². The number of nitrogens with one attached hydrogen (secondary N) is 1. The highest BCUT2D eigenvalue weighted by Gasteiger charge is 2.15. The molecule has 110 valence electrons. The van der Waals surface area contributed by atoms with Crippen molar-refractivity contribution in [2.24, 2.45) is 0 Å². The van der Waals surface area contributed by atoms with E-state index in [1.165, 1.54) is 0 Å². The van der Waals surface area contributed by atoms with Gasteiger partial charge in [0.1, 0.15) is 5.75 Å². The lowest BCUT2D eigenvalue weighted by Gasteiger charge is -2.15. The van der Waals surface area contributed by atoms with Gasteiger partial charge in [-0.3, -0.25) is 4.79 Å². The van der Waals surface area contributed by atoms with Gasteiger partial charge < -0.3 is 10.1 Å². The zero-order valence-electron chi connectivity index (χ0n) is 11.8. The number of halogens is 1. The van der Waals surface area contributed by atoms with Crippen LogP contribution in [0, 0.1) is 0 Å². The summed E-state index contributed by atoms with van der Waals surface area (Å²) in [5, 5.41) is 2.84. The molecule has 0 aliphatic carbocycles. The number of thioether (sulfide) groups is 1. The lowest BCUT2D eigenvalue weighted by atomic mass is 10.3. The summed E-state index contributed by atoms with van der Waals surface area (Å²) >= 11 is 5.06. The van der Waals surface area contributed by atoms with E-state index < -0.39 is 6.10 Å². The van der Waals surface area contributed by atoms with Gasteiger partial charge in [0.05, 0.1) is 5.69 Å². The molecule has 21 heavy (non-hydrogen) atoms. The van der Waals surface area contributed by atoms with Gasteiger partial charge in [-0.15, -0.1) is 11.8 Å². The predicted molar refractivity (Wildman–Crippen MR) is 91.1 cm³/mol. The second-order valence-electron chi connectivity index (χ2n) is 4.40. The van der Waals surface area contributed by atoms with Crippen LogP contribution in [0.2, 0.25) is 0 Å². The topological polar surface area (TPSA) is 38.3 Å². The molecule has 0 aromatic heterocycles. The average Bonchev–Trinajstić information content (AvgIpc) is 2.50. The Morgan fingerprint density at radius 1 is 1.19 bits per heavy atom. The van der Waals surface area contributed by atoms with Crippen LogP contribution in [0.15, 0.2) is 57.9 Å². The summed E-state index contributed by atoms with van der Waals surface area (Å²) in [6, 6.07) is 15.2. The molecule has 2 rings (SSSR count). The fourth-order valence-corrected chi connectivity index (χ4v) is 2.50. The van der Waals surface area contributed by atoms with E-state index in [2.05, 4.69) is 21.2 Å². The van der Waals surface area contributed by atoms with Crippen molar-refractivity contribution >= 4 is 39.3 Å². The normalized spacial score (nSPS) is 11.8. The molecular formula is C16H16BrNO2S. The van der Waals surface area contributed by atoms with E-state index in [1.807, 2.05) is 54.8 Å². The standard InChI is InChI=1S/C16H16BrNO2S/c1-11(20-12-7-9-13(21-2)10-8-12)16(19)18-15-6-4-3-5-14(15)17/h3-11H,1-2H3,(H,18,19). The molecule has 3 nitrogen and oxygen atoms in total. The summed E-state index contributed by atoms with van der Waals surface area (Å²) in [5.74, 6) is 0.499. The summed E-state index contributed by atoms with van der Waals surface area (Å²) in [7, 11) is 0. The van der Waals surface area contributed by atoms with Crippen molar-refractivity contribution in [3.63, 3.8) is 0 Å². The number of benzene rings is 2. The van der Waals surface area contributed by atoms with Crippen LogP contribution in [-0.4, -0.2) is 18.3 Å². The molecule has 0 fully saturated rings. The van der Waals surface area contributed by atoms with Crippen LogP contribution in [0.5, 0.6) is 5.75 Å². The number of para-hydroxylation sites is 1. The molecule has 0 saturated heterocycles. The van der Waals surface area contributed by atoms with Crippen LogP contribution in [0.25, 0.3) is 0 Å². The first-order chi connectivity index (χ1) is 10.1. The van der Waals surface area contributed by atoms with Crippen LogP contribution in [0.3, 0.4) is 0 Å². The first kappa shape index (κ1) is 15.9. The fourth-order valence-electron chi connectivity index (χ4n) is 1.71. The number of carbonyl (C=O) groups is 1. The number of ether oxygens (including phenoxy) is 1. The first-order valence-corrected chi connectivity index (χ1v) is 8.48. The average molecular weight is 366 g/mol. The molecule has 0 radical (unpaired) electrons. The number of hydrogen-bond donors (Lipinski definition) is 1. The first-order valence-electron chi connectivity index (χ1n) is 6.46. The molecule has 0 aliphatic heterocycles. The number of carbonyl (C=O) groups excluding carboxylic acids is 1. The number of rotatable bonds is 5. The molecule has 0 bridgehead atoms. The van der Waals surface area contributed by atoms with E-state index in [9.17, 15) is 4.79 Å². The Kier molecular flexibility index (Phi) is 5.70. The molecular weight excluding hydrogens is 350 g/mol. The Morgan fingerprint density at radius 3 is 2.48 bits per heavy atom. The lowest BCUT2D eigenvalue weighted by molar-refractivity contribution is -0.122. The number of amides is 1. The Bertz CT molecular complexity index is 616. The molecule has 2 aromatic carbocycles. The quantitative estimate of drug-likeness (QED) is 0.788. The van der Waals surface area contributed by atoms with Crippen LogP contribution in [0.4, 0.5) is 5.69 Å². The van der Waals surface area contributed by atoms with Gasteiger partial charge in [0.15, 0.2) is 6.10 Å².